The molecule has 0 aromatic heterocycles. The van der Waals surface area contributed by atoms with E-state index in [1.165, 1.54) is 5.57 Å². The molecule has 24 heavy (non-hydrogen) atoms. The number of methoxy groups -OCH3 is 1. The molecule has 0 bridgehead atoms. The minimum absolute atomic E-state index is 0.140. The molecular weight excluding hydrogens is 304 g/mol. The van der Waals surface area contributed by atoms with Gasteiger partial charge in [-0.05, 0) is 48.1 Å². The number of aromatic hydroxyl groups is 1. The molecule has 1 unspecified atom stereocenters. The maximum atomic E-state index is 10.4. The van der Waals surface area contributed by atoms with E-state index < -0.39 is 6.10 Å². The van der Waals surface area contributed by atoms with Crippen LogP contribution in [-0.4, -0.2) is 41.7 Å². The fraction of sp³-hybridized carbons (Fsp3) is 0.400. The van der Waals surface area contributed by atoms with Crippen LogP contribution in [0.1, 0.15) is 31.7 Å². The summed E-state index contributed by atoms with van der Waals surface area (Å²) in [6, 6.07) is 7.04. The third kappa shape index (κ3) is 6.71. The van der Waals surface area contributed by atoms with Gasteiger partial charge in [-0.25, -0.2) is 0 Å². The number of ether oxygens (including phenoxy) is 1. The molecule has 0 aliphatic heterocycles. The summed E-state index contributed by atoms with van der Waals surface area (Å²) in [7, 11) is 1.57. The van der Waals surface area contributed by atoms with E-state index in [0.29, 0.717) is 24.2 Å². The highest BCUT2D eigenvalue weighted by atomic mass is 16.5. The summed E-state index contributed by atoms with van der Waals surface area (Å²) in [4.78, 5) is 0. The van der Waals surface area contributed by atoms with Crippen molar-refractivity contribution in [3.8, 4) is 5.75 Å². The van der Waals surface area contributed by atoms with Gasteiger partial charge < -0.3 is 20.1 Å². The van der Waals surface area contributed by atoms with E-state index >= 15 is 0 Å². The van der Waals surface area contributed by atoms with Crippen LogP contribution in [0.3, 0.4) is 0 Å². The van der Waals surface area contributed by atoms with Crippen molar-refractivity contribution in [1.29, 1.82) is 0 Å². The van der Waals surface area contributed by atoms with Crippen molar-refractivity contribution in [3.05, 3.63) is 59.2 Å². The van der Waals surface area contributed by atoms with Gasteiger partial charge in [0.2, 0.25) is 0 Å². The summed E-state index contributed by atoms with van der Waals surface area (Å²) >= 11 is 0. The number of phenolic OH excluding ortho intramolecular Hbond substituents is 1. The minimum atomic E-state index is -0.686. The SMILES string of the molecule is C=C(COC)/C(=C/CO)C(O)CC/C(=C/c1ccc(O)cc1)CC. The van der Waals surface area contributed by atoms with E-state index in [2.05, 4.69) is 19.6 Å². The zero-order valence-electron chi connectivity index (χ0n) is 14.5. The molecule has 4 heteroatoms. The molecule has 0 heterocycles. The number of rotatable bonds is 10. The predicted octanol–water partition coefficient (Wildman–Crippen LogP) is 3.45. The van der Waals surface area contributed by atoms with Gasteiger partial charge in [-0.1, -0.05) is 43.4 Å². The number of hydrogen-bond acceptors (Lipinski definition) is 4. The molecule has 132 valence electrons. The number of benzene rings is 1. The summed E-state index contributed by atoms with van der Waals surface area (Å²) in [6.45, 7) is 6.17. The van der Waals surface area contributed by atoms with Crippen LogP contribution in [0.5, 0.6) is 5.75 Å². The minimum Gasteiger partial charge on any atom is -0.508 e. The Kier molecular flexibility index (Phi) is 9.08. The Balaban J connectivity index is 2.74. The van der Waals surface area contributed by atoms with E-state index in [1.807, 2.05) is 12.1 Å². The number of aliphatic hydroxyl groups excluding tert-OH is 2. The van der Waals surface area contributed by atoms with E-state index in [1.54, 1.807) is 25.3 Å². The lowest BCUT2D eigenvalue weighted by Crippen LogP contribution is -2.15. The first-order chi connectivity index (χ1) is 11.5. The first-order valence-corrected chi connectivity index (χ1v) is 8.16. The molecule has 0 spiro atoms. The van der Waals surface area contributed by atoms with E-state index in [-0.39, 0.29) is 12.4 Å². The highest BCUT2D eigenvalue weighted by Gasteiger charge is 2.14. The largest absolute Gasteiger partial charge is 0.508 e. The standard InChI is InChI=1S/C20H28O4/c1-4-16(13-17-5-8-18(22)9-6-17)7-10-20(23)19(11-12-21)15(2)14-24-3/h5-6,8-9,11,13,20-23H,2,4,7,10,12,14H2,1,3H3/b16-13+,19-11-. The average molecular weight is 332 g/mol. The van der Waals surface area contributed by atoms with Gasteiger partial charge in [-0.3, -0.25) is 0 Å². The van der Waals surface area contributed by atoms with Gasteiger partial charge in [0.25, 0.3) is 0 Å². The van der Waals surface area contributed by atoms with Crippen LogP contribution < -0.4 is 0 Å². The third-order valence-corrected chi connectivity index (χ3v) is 3.85. The molecule has 0 radical (unpaired) electrons. The second-order valence-corrected chi connectivity index (χ2v) is 5.68. The van der Waals surface area contributed by atoms with Crippen molar-refractivity contribution in [2.24, 2.45) is 0 Å². The monoisotopic (exact) mass is 332 g/mol. The number of allylic oxidation sites excluding steroid dienone is 1. The molecule has 0 fully saturated rings. The van der Waals surface area contributed by atoms with Crippen molar-refractivity contribution in [1.82, 2.24) is 0 Å². The van der Waals surface area contributed by atoms with Gasteiger partial charge in [0.15, 0.2) is 0 Å². The van der Waals surface area contributed by atoms with Crippen LogP contribution in [0.25, 0.3) is 6.08 Å². The third-order valence-electron chi connectivity index (χ3n) is 3.85. The van der Waals surface area contributed by atoms with Crippen molar-refractivity contribution in [3.63, 3.8) is 0 Å². The Hall–Kier alpha value is -1.88. The Morgan fingerprint density at radius 1 is 1.29 bits per heavy atom. The normalized spacial score (nSPS) is 13.8. The van der Waals surface area contributed by atoms with Gasteiger partial charge in [-0.15, -0.1) is 0 Å². The Labute approximate surface area is 144 Å². The topological polar surface area (TPSA) is 69.9 Å². The van der Waals surface area contributed by atoms with Crippen molar-refractivity contribution in [2.45, 2.75) is 32.3 Å². The number of hydrogen-bond donors (Lipinski definition) is 3. The quantitative estimate of drug-likeness (QED) is 0.574. The molecule has 1 rings (SSSR count). The van der Waals surface area contributed by atoms with Crippen LogP contribution in [0, 0.1) is 0 Å². The lowest BCUT2D eigenvalue weighted by Gasteiger charge is -2.18. The zero-order chi connectivity index (χ0) is 17.9. The Morgan fingerprint density at radius 3 is 2.50 bits per heavy atom. The van der Waals surface area contributed by atoms with Crippen molar-refractivity contribution < 1.29 is 20.1 Å². The maximum Gasteiger partial charge on any atom is 0.115 e. The summed E-state index contributed by atoms with van der Waals surface area (Å²) in [6.07, 6.45) is 5.14. The lowest BCUT2D eigenvalue weighted by molar-refractivity contribution is 0.189. The summed E-state index contributed by atoms with van der Waals surface area (Å²) in [5, 5.41) is 28.9. The Morgan fingerprint density at radius 2 is 1.96 bits per heavy atom. The maximum absolute atomic E-state index is 10.4. The molecule has 0 aliphatic carbocycles. The van der Waals surface area contributed by atoms with Crippen LogP contribution in [-0.2, 0) is 4.74 Å². The summed E-state index contributed by atoms with van der Waals surface area (Å²) in [5.74, 6) is 0.246. The average Bonchev–Trinajstić information content (AvgIpc) is 2.58. The van der Waals surface area contributed by atoms with E-state index in [9.17, 15) is 10.2 Å². The Bertz CT molecular complexity index is 570. The molecular formula is C20H28O4. The van der Waals surface area contributed by atoms with Gasteiger partial charge in [0.05, 0.1) is 19.3 Å². The molecule has 1 aromatic rings. The van der Waals surface area contributed by atoms with E-state index in [0.717, 1.165) is 18.4 Å². The molecule has 4 nitrogen and oxygen atoms in total. The molecule has 0 saturated heterocycles. The fourth-order valence-electron chi connectivity index (χ4n) is 2.51. The number of aliphatic hydroxyl groups is 2. The van der Waals surface area contributed by atoms with Crippen molar-refractivity contribution in [2.75, 3.05) is 20.3 Å². The van der Waals surface area contributed by atoms with Crippen molar-refractivity contribution >= 4 is 6.08 Å². The first-order valence-electron chi connectivity index (χ1n) is 8.16. The lowest BCUT2D eigenvalue weighted by atomic mass is 9.95. The molecule has 3 N–H and O–H groups in total. The molecule has 0 aliphatic rings. The highest BCUT2D eigenvalue weighted by Crippen LogP contribution is 2.22. The zero-order valence-corrected chi connectivity index (χ0v) is 14.5. The summed E-state index contributed by atoms with van der Waals surface area (Å²) in [5.41, 5.74) is 3.55. The molecule has 0 amide bonds. The second-order valence-electron chi connectivity index (χ2n) is 5.68. The fourth-order valence-corrected chi connectivity index (χ4v) is 2.51. The smallest absolute Gasteiger partial charge is 0.115 e. The van der Waals surface area contributed by atoms with Gasteiger partial charge in [0, 0.05) is 7.11 Å². The van der Waals surface area contributed by atoms with Gasteiger partial charge in [-0.2, -0.15) is 0 Å². The highest BCUT2D eigenvalue weighted by molar-refractivity contribution is 5.53. The second kappa shape index (κ2) is 10.8. The van der Waals surface area contributed by atoms with Crippen LogP contribution in [0.2, 0.25) is 0 Å². The predicted molar refractivity (Wildman–Crippen MR) is 97.8 cm³/mol. The van der Waals surface area contributed by atoms with Gasteiger partial charge >= 0.3 is 0 Å². The first kappa shape index (κ1) is 20.2. The molecule has 1 aromatic carbocycles. The van der Waals surface area contributed by atoms with Crippen LogP contribution in [0.4, 0.5) is 0 Å². The van der Waals surface area contributed by atoms with Crippen LogP contribution in [0.15, 0.2) is 53.6 Å². The summed E-state index contributed by atoms with van der Waals surface area (Å²) < 4.78 is 5.05. The molecule has 0 saturated carbocycles. The van der Waals surface area contributed by atoms with Crippen LogP contribution >= 0.6 is 0 Å². The van der Waals surface area contributed by atoms with Gasteiger partial charge in [0.1, 0.15) is 5.75 Å². The van der Waals surface area contributed by atoms with E-state index in [4.69, 9.17) is 9.84 Å². The molecule has 1 atom stereocenters. The number of phenols is 1.